The molecule has 7 heteroatoms. The third-order valence-corrected chi connectivity index (χ3v) is 3.43. The number of ether oxygens (including phenoxy) is 2. The first-order valence-electron chi connectivity index (χ1n) is 8.68. The standard InChI is InChI=1S/C20H23N3O4/c1-3-26-17-9-5-15(6-10-17)13-22-23-19(24)14-21-20(25)16-7-11-18(12-8-16)27-4-2/h5-13H,3-4,14H2,1-2H3,(H,21,25)(H,23,24)/b22-13-. The molecule has 2 amide bonds. The molecule has 0 radical (unpaired) electrons. The van der Waals surface area contributed by atoms with Crippen LogP contribution in [-0.4, -0.2) is 37.8 Å². The van der Waals surface area contributed by atoms with Gasteiger partial charge in [0.05, 0.1) is 26.0 Å². The maximum atomic E-state index is 12.0. The van der Waals surface area contributed by atoms with Crippen LogP contribution in [0.5, 0.6) is 11.5 Å². The lowest BCUT2D eigenvalue weighted by atomic mass is 10.2. The lowest BCUT2D eigenvalue weighted by Crippen LogP contribution is -2.34. The highest BCUT2D eigenvalue weighted by molar-refractivity contribution is 5.96. The van der Waals surface area contributed by atoms with Crippen LogP contribution in [0, 0.1) is 0 Å². The van der Waals surface area contributed by atoms with Gasteiger partial charge in [-0.05, 0) is 67.9 Å². The van der Waals surface area contributed by atoms with Crippen LogP contribution >= 0.6 is 0 Å². The predicted molar refractivity (Wildman–Crippen MR) is 103 cm³/mol. The highest BCUT2D eigenvalue weighted by atomic mass is 16.5. The van der Waals surface area contributed by atoms with Crippen LogP contribution in [0.1, 0.15) is 29.8 Å². The Bertz CT molecular complexity index is 771. The van der Waals surface area contributed by atoms with E-state index in [1.165, 1.54) is 6.21 Å². The molecule has 0 aliphatic carbocycles. The van der Waals surface area contributed by atoms with Crippen molar-refractivity contribution in [2.24, 2.45) is 5.10 Å². The number of carbonyl (C=O) groups excluding carboxylic acids is 2. The lowest BCUT2D eigenvalue weighted by Gasteiger charge is -2.06. The fourth-order valence-electron chi connectivity index (χ4n) is 2.17. The number of hydrogen-bond acceptors (Lipinski definition) is 5. The topological polar surface area (TPSA) is 89.0 Å². The van der Waals surface area contributed by atoms with Gasteiger partial charge in [-0.2, -0.15) is 5.10 Å². The normalized spacial score (nSPS) is 10.4. The fraction of sp³-hybridized carbons (Fsp3) is 0.250. The molecule has 0 aliphatic rings. The van der Waals surface area contributed by atoms with E-state index in [1.54, 1.807) is 24.3 Å². The van der Waals surface area contributed by atoms with Gasteiger partial charge in [0.25, 0.3) is 11.8 Å². The molecular weight excluding hydrogens is 346 g/mol. The molecule has 0 unspecified atom stereocenters. The monoisotopic (exact) mass is 369 g/mol. The van der Waals surface area contributed by atoms with Gasteiger partial charge in [0, 0.05) is 5.56 Å². The highest BCUT2D eigenvalue weighted by Gasteiger charge is 2.07. The van der Waals surface area contributed by atoms with Crippen molar-refractivity contribution in [2.45, 2.75) is 13.8 Å². The Morgan fingerprint density at radius 3 is 2.04 bits per heavy atom. The number of amides is 2. The molecule has 0 spiro atoms. The zero-order valence-electron chi connectivity index (χ0n) is 15.4. The van der Waals surface area contributed by atoms with E-state index in [9.17, 15) is 9.59 Å². The Morgan fingerprint density at radius 1 is 0.926 bits per heavy atom. The van der Waals surface area contributed by atoms with Crippen molar-refractivity contribution in [1.29, 1.82) is 0 Å². The SMILES string of the molecule is CCOc1ccc(/C=N\NC(=O)CNC(=O)c2ccc(OCC)cc2)cc1. The first kappa shape index (κ1) is 20.0. The van der Waals surface area contributed by atoms with Crippen molar-refractivity contribution < 1.29 is 19.1 Å². The molecule has 2 aromatic carbocycles. The second kappa shape index (κ2) is 10.6. The van der Waals surface area contributed by atoms with Crippen LogP contribution in [0.25, 0.3) is 0 Å². The molecule has 2 rings (SSSR count). The van der Waals surface area contributed by atoms with Gasteiger partial charge >= 0.3 is 0 Å². The zero-order valence-corrected chi connectivity index (χ0v) is 15.4. The summed E-state index contributed by atoms with van der Waals surface area (Å²) < 4.78 is 10.7. The Hall–Kier alpha value is -3.35. The number of carbonyl (C=O) groups is 2. The molecule has 2 N–H and O–H groups in total. The molecule has 0 aromatic heterocycles. The van der Waals surface area contributed by atoms with Gasteiger partial charge in [-0.15, -0.1) is 0 Å². The Morgan fingerprint density at radius 2 is 1.48 bits per heavy atom. The van der Waals surface area contributed by atoms with Crippen LogP contribution in [0.15, 0.2) is 53.6 Å². The molecular formula is C20H23N3O4. The number of hydrogen-bond donors (Lipinski definition) is 2. The van der Waals surface area contributed by atoms with E-state index in [2.05, 4.69) is 15.8 Å². The van der Waals surface area contributed by atoms with E-state index in [0.717, 1.165) is 11.3 Å². The largest absolute Gasteiger partial charge is 0.494 e. The zero-order chi connectivity index (χ0) is 19.5. The molecule has 142 valence electrons. The summed E-state index contributed by atoms with van der Waals surface area (Å²) in [5.74, 6) is 0.700. The van der Waals surface area contributed by atoms with Gasteiger partial charge in [-0.1, -0.05) is 0 Å². The van der Waals surface area contributed by atoms with Crippen molar-refractivity contribution >= 4 is 18.0 Å². The molecule has 0 aliphatic heterocycles. The number of hydrazone groups is 1. The summed E-state index contributed by atoms with van der Waals surface area (Å²) in [5, 5.41) is 6.40. The Labute approximate surface area is 158 Å². The number of rotatable bonds is 9. The molecule has 0 fully saturated rings. The number of nitrogens with zero attached hydrogens (tertiary/aromatic N) is 1. The average Bonchev–Trinajstić information content (AvgIpc) is 2.68. The van der Waals surface area contributed by atoms with Gasteiger partial charge in [0.15, 0.2) is 0 Å². The summed E-state index contributed by atoms with van der Waals surface area (Å²) in [6.45, 7) is 4.79. The quantitative estimate of drug-likeness (QED) is 0.525. The number of benzene rings is 2. The summed E-state index contributed by atoms with van der Waals surface area (Å²) in [6, 6.07) is 14.0. The molecule has 2 aromatic rings. The minimum Gasteiger partial charge on any atom is -0.494 e. The maximum Gasteiger partial charge on any atom is 0.259 e. The summed E-state index contributed by atoms with van der Waals surface area (Å²) in [5.41, 5.74) is 3.63. The van der Waals surface area contributed by atoms with Crippen LogP contribution in [0.3, 0.4) is 0 Å². The maximum absolute atomic E-state index is 12.0. The molecule has 0 heterocycles. The summed E-state index contributed by atoms with van der Waals surface area (Å²) in [6.07, 6.45) is 1.52. The van der Waals surface area contributed by atoms with Gasteiger partial charge < -0.3 is 14.8 Å². The van der Waals surface area contributed by atoms with Crippen molar-refractivity contribution in [1.82, 2.24) is 10.7 Å². The minimum atomic E-state index is -0.420. The second-order valence-corrected chi connectivity index (χ2v) is 5.44. The van der Waals surface area contributed by atoms with Gasteiger partial charge in [0.1, 0.15) is 11.5 Å². The molecule has 0 bridgehead atoms. The van der Waals surface area contributed by atoms with E-state index < -0.39 is 5.91 Å². The van der Waals surface area contributed by atoms with Crippen LogP contribution in [-0.2, 0) is 4.79 Å². The van der Waals surface area contributed by atoms with E-state index in [0.29, 0.717) is 24.5 Å². The molecule has 7 nitrogen and oxygen atoms in total. The van der Waals surface area contributed by atoms with E-state index in [4.69, 9.17) is 9.47 Å². The van der Waals surface area contributed by atoms with Gasteiger partial charge in [0.2, 0.25) is 0 Å². The number of nitrogens with one attached hydrogen (secondary N) is 2. The fourth-order valence-corrected chi connectivity index (χ4v) is 2.17. The molecule has 0 saturated heterocycles. The summed E-state index contributed by atoms with van der Waals surface area (Å²) in [4.78, 5) is 23.8. The smallest absolute Gasteiger partial charge is 0.259 e. The van der Waals surface area contributed by atoms with Gasteiger partial charge in [-0.3, -0.25) is 9.59 Å². The van der Waals surface area contributed by atoms with Crippen molar-refractivity contribution in [2.75, 3.05) is 19.8 Å². The molecule has 0 atom stereocenters. The first-order valence-corrected chi connectivity index (χ1v) is 8.68. The van der Waals surface area contributed by atoms with Crippen molar-refractivity contribution in [3.63, 3.8) is 0 Å². The first-order chi connectivity index (χ1) is 13.1. The lowest BCUT2D eigenvalue weighted by molar-refractivity contribution is -0.120. The van der Waals surface area contributed by atoms with E-state index in [-0.39, 0.29) is 12.5 Å². The van der Waals surface area contributed by atoms with Crippen LogP contribution in [0.2, 0.25) is 0 Å². The minimum absolute atomic E-state index is 0.174. The van der Waals surface area contributed by atoms with E-state index >= 15 is 0 Å². The summed E-state index contributed by atoms with van der Waals surface area (Å²) >= 11 is 0. The third-order valence-electron chi connectivity index (χ3n) is 3.43. The summed E-state index contributed by atoms with van der Waals surface area (Å²) in [7, 11) is 0. The van der Waals surface area contributed by atoms with Crippen molar-refractivity contribution in [3.05, 3.63) is 59.7 Å². The van der Waals surface area contributed by atoms with Crippen LogP contribution in [0.4, 0.5) is 0 Å². The van der Waals surface area contributed by atoms with Gasteiger partial charge in [-0.25, -0.2) is 5.43 Å². The predicted octanol–water partition coefficient (Wildman–Crippen LogP) is 2.36. The Balaban J connectivity index is 1.75. The third kappa shape index (κ3) is 6.81. The van der Waals surface area contributed by atoms with Crippen LogP contribution < -0.4 is 20.2 Å². The van der Waals surface area contributed by atoms with E-state index in [1.807, 2.05) is 38.1 Å². The second-order valence-electron chi connectivity index (χ2n) is 5.44. The average molecular weight is 369 g/mol. The Kier molecular flexibility index (Phi) is 7.84. The molecule has 27 heavy (non-hydrogen) atoms. The molecule has 0 saturated carbocycles. The van der Waals surface area contributed by atoms with Crippen molar-refractivity contribution in [3.8, 4) is 11.5 Å². The highest BCUT2D eigenvalue weighted by Crippen LogP contribution is 2.12.